The molecule has 0 amide bonds. The normalized spacial score (nSPS) is 11.4. The zero-order valence-electron chi connectivity index (χ0n) is 10.8. The summed E-state index contributed by atoms with van der Waals surface area (Å²) in [6, 6.07) is 9.32. The smallest absolute Gasteiger partial charge is 0.371 e. The monoisotopic (exact) mass is 289 g/mol. The molecule has 0 saturated heterocycles. The molecule has 0 saturated carbocycles. The van der Waals surface area contributed by atoms with E-state index < -0.39 is 17.5 Å². The number of aliphatic hydroxyl groups excluding tert-OH is 1. The van der Waals surface area contributed by atoms with Crippen LogP contribution in [0, 0.1) is 5.82 Å². The van der Waals surface area contributed by atoms with Crippen LogP contribution in [-0.2, 0) is 11.2 Å². The van der Waals surface area contributed by atoms with Crippen molar-refractivity contribution in [2.24, 2.45) is 0 Å². The fraction of sp³-hybridized carbons (Fsp3) is 0.0667. The molecule has 0 aliphatic carbocycles. The number of aromatic amines is 1. The lowest BCUT2D eigenvalue weighted by Crippen LogP contribution is -2.04. The number of hydrogen-bond acceptors (Lipinski definition) is 3. The molecule has 0 aliphatic heterocycles. The molecule has 108 valence electrons. The van der Waals surface area contributed by atoms with E-state index in [4.69, 9.17) is 10.2 Å². The van der Waals surface area contributed by atoms with Crippen molar-refractivity contribution in [3.63, 3.8) is 0 Å². The molecule has 2 rings (SSSR count). The Hall–Kier alpha value is -2.89. The van der Waals surface area contributed by atoms with E-state index in [1.807, 2.05) is 0 Å². The lowest BCUT2D eigenvalue weighted by atomic mass is 10.1. The van der Waals surface area contributed by atoms with Crippen molar-refractivity contribution in [3.05, 3.63) is 71.0 Å². The number of allylic oxidation sites excluding steroid dienone is 1. The number of carbonyl (C=O) groups is 2. The topological polar surface area (TPSA) is 90.4 Å². The summed E-state index contributed by atoms with van der Waals surface area (Å²) in [6.07, 6.45) is 0.885. The summed E-state index contributed by atoms with van der Waals surface area (Å²) < 4.78 is 13.5. The maximum absolute atomic E-state index is 13.5. The lowest BCUT2D eigenvalue weighted by Gasteiger charge is -2.00. The highest BCUT2D eigenvalue weighted by atomic mass is 19.1. The van der Waals surface area contributed by atoms with Gasteiger partial charge in [0.05, 0.1) is 5.69 Å². The predicted molar refractivity (Wildman–Crippen MR) is 72.7 cm³/mol. The number of carboxylic acid groups (broad SMARTS) is 1. The zero-order chi connectivity index (χ0) is 15.4. The van der Waals surface area contributed by atoms with E-state index >= 15 is 0 Å². The second-order valence-electron chi connectivity index (χ2n) is 4.36. The fourth-order valence-corrected chi connectivity index (χ4v) is 1.80. The summed E-state index contributed by atoms with van der Waals surface area (Å²) in [7, 11) is 0. The number of ketones is 1. The van der Waals surface area contributed by atoms with E-state index in [1.54, 1.807) is 24.3 Å². The highest BCUT2D eigenvalue weighted by Gasteiger charge is 2.12. The average Bonchev–Trinajstić information content (AvgIpc) is 2.90. The zero-order valence-corrected chi connectivity index (χ0v) is 10.8. The first-order valence-electron chi connectivity index (χ1n) is 6.07. The number of hydrogen-bond donors (Lipinski definition) is 3. The van der Waals surface area contributed by atoms with Crippen molar-refractivity contribution in [1.82, 2.24) is 4.98 Å². The Morgan fingerprint density at radius 2 is 1.86 bits per heavy atom. The van der Waals surface area contributed by atoms with Gasteiger partial charge in [0.15, 0.2) is 0 Å². The second kappa shape index (κ2) is 6.04. The van der Waals surface area contributed by atoms with Crippen molar-refractivity contribution in [2.45, 2.75) is 6.42 Å². The van der Waals surface area contributed by atoms with Gasteiger partial charge in [-0.05, 0) is 23.8 Å². The number of H-pyrrole nitrogens is 1. The standard InChI is InChI=1S/C15H12FNO4/c16-11-4-2-1-3-9(11)7-10-5-6-12(17-10)13(18)8-14(19)15(20)21/h1-6,8,17,19H,7H2,(H,20,21)/b14-8-. The van der Waals surface area contributed by atoms with Crippen molar-refractivity contribution in [1.29, 1.82) is 0 Å². The Labute approximate surface area is 119 Å². The van der Waals surface area contributed by atoms with Crippen molar-refractivity contribution in [3.8, 4) is 0 Å². The molecule has 1 aromatic heterocycles. The summed E-state index contributed by atoms with van der Waals surface area (Å²) in [5, 5.41) is 17.5. The minimum Gasteiger partial charge on any atom is -0.502 e. The Bertz CT molecular complexity index is 718. The van der Waals surface area contributed by atoms with Gasteiger partial charge in [-0.15, -0.1) is 0 Å². The Balaban J connectivity index is 2.15. The Morgan fingerprint density at radius 3 is 2.52 bits per heavy atom. The summed E-state index contributed by atoms with van der Waals surface area (Å²) >= 11 is 0. The van der Waals surface area contributed by atoms with E-state index in [9.17, 15) is 14.0 Å². The van der Waals surface area contributed by atoms with E-state index in [0.29, 0.717) is 17.3 Å². The summed E-state index contributed by atoms with van der Waals surface area (Å²) in [5.41, 5.74) is 1.20. The van der Waals surface area contributed by atoms with Crippen LogP contribution in [0.25, 0.3) is 0 Å². The number of carboxylic acids is 1. The van der Waals surface area contributed by atoms with Crippen LogP contribution in [0.2, 0.25) is 0 Å². The number of halogens is 1. The molecular weight excluding hydrogens is 277 g/mol. The SMILES string of the molecule is O=C(O)/C(O)=C/C(=O)c1ccc(Cc2ccccc2F)[nH]1. The van der Waals surface area contributed by atoms with Gasteiger partial charge in [0, 0.05) is 18.2 Å². The third kappa shape index (κ3) is 3.56. The largest absolute Gasteiger partial charge is 0.502 e. The van der Waals surface area contributed by atoms with Crippen LogP contribution in [0.4, 0.5) is 4.39 Å². The number of aliphatic carboxylic acids is 1. The molecule has 0 unspecified atom stereocenters. The van der Waals surface area contributed by atoms with E-state index in [1.165, 1.54) is 12.1 Å². The Kier molecular flexibility index (Phi) is 4.18. The molecule has 0 bridgehead atoms. The van der Waals surface area contributed by atoms with Crippen molar-refractivity contribution < 1.29 is 24.2 Å². The van der Waals surface area contributed by atoms with Crippen molar-refractivity contribution >= 4 is 11.8 Å². The maximum atomic E-state index is 13.5. The number of rotatable bonds is 5. The predicted octanol–water partition coefficient (Wildman–Crippen LogP) is 2.45. The van der Waals surface area contributed by atoms with Gasteiger partial charge in [0.1, 0.15) is 5.82 Å². The second-order valence-corrected chi connectivity index (χ2v) is 4.36. The fourth-order valence-electron chi connectivity index (χ4n) is 1.80. The van der Waals surface area contributed by atoms with Crippen LogP contribution >= 0.6 is 0 Å². The maximum Gasteiger partial charge on any atom is 0.371 e. The third-order valence-corrected chi connectivity index (χ3v) is 2.84. The molecule has 0 spiro atoms. The highest BCUT2D eigenvalue weighted by Crippen LogP contribution is 2.13. The molecule has 0 aliphatic rings. The molecule has 1 heterocycles. The van der Waals surface area contributed by atoms with Gasteiger partial charge < -0.3 is 15.2 Å². The average molecular weight is 289 g/mol. The lowest BCUT2D eigenvalue weighted by molar-refractivity contribution is -0.135. The number of nitrogens with one attached hydrogen (secondary N) is 1. The molecule has 6 heteroatoms. The van der Waals surface area contributed by atoms with Gasteiger partial charge in [-0.2, -0.15) is 0 Å². The van der Waals surface area contributed by atoms with Crippen LogP contribution in [0.5, 0.6) is 0 Å². The van der Waals surface area contributed by atoms with Gasteiger partial charge in [-0.1, -0.05) is 18.2 Å². The van der Waals surface area contributed by atoms with Gasteiger partial charge in [0.2, 0.25) is 11.5 Å². The number of benzene rings is 1. The summed E-state index contributed by atoms with van der Waals surface area (Å²) in [6.45, 7) is 0. The molecule has 21 heavy (non-hydrogen) atoms. The van der Waals surface area contributed by atoms with Crippen molar-refractivity contribution in [2.75, 3.05) is 0 Å². The van der Waals surface area contributed by atoms with Gasteiger partial charge in [0.25, 0.3) is 0 Å². The number of aliphatic hydroxyl groups is 1. The van der Waals surface area contributed by atoms with Crippen LogP contribution in [0.15, 0.2) is 48.2 Å². The van der Waals surface area contributed by atoms with Gasteiger partial charge in [-0.25, -0.2) is 9.18 Å². The van der Waals surface area contributed by atoms with Crippen LogP contribution < -0.4 is 0 Å². The summed E-state index contributed by atoms with van der Waals surface area (Å²) in [5.74, 6) is -3.63. The molecule has 0 atom stereocenters. The van der Waals surface area contributed by atoms with E-state index in [0.717, 1.165) is 0 Å². The number of carbonyl (C=O) groups excluding carboxylic acids is 1. The van der Waals surface area contributed by atoms with Crippen LogP contribution in [-0.4, -0.2) is 26.9 Å². The van der Waals surface area contributed by atoms with Crippen LogP contribution in [0.3, 0.4) is 0 Å². The van der Waals surface area contributed by atoms with Gasteiger partial charge in [-0.3, -0.25) is 4.79 Å². The summed E-state index contributed by atoms with van der Waals surface area (Å²) in [4.78, 5) is 24.9. The first kappa shape index (κ1) is 14.5. The first-order valence-corrected chi connectivity index (χ1v) is 6.07. The molecule has 0 radical (unpaired) electrons. The molecule has 3 N–H and O–H groups in total. The minimum atomic E-state index is -1.58. The van der Waals surface area contributed by atoms with E-state index in [2.05, 4.69) is 4.98 Å². The van der Waals surface area contributed by atoms with Crippen LogP contribution in [0.1, 0.15) is 21.7 Å². The number of aromatic nitrogens is 1. The van der Waals surface area contributed by atoms with E-state index in [-0.39, 0.29) is 17.9 Å². The molecule has 1 aromatic carbocycles. The molecule has 0 fully saturated rings. The third-order valence-electron chi connectivity index (χ3n) is 2.84. The molecule has 5 nitrogen and oxygen atoms in total. The Morgan fingerprint density at radius 1 is 1.14 bits per heavy atom. The highest BCUT2D eigenvalue weighted by molar-refractivity contribution is 6.06. The molecular formula is C15H12FNO4. The molecule has 2 aromatic rings. The van der Waals surface area contributed by atoms with Gasteiger partial charge >= 0.3 is 5.97 Å². The minimum absolute atomic E-state index is 0.120. The quantitative estimate of drug-likeness (QED) is 0.448. The first-order chi connectivity index (χ1) is 9.97.